The fourth-order valence-corrected chi connectivity index (χ4v) is 2.97. The van der Waals surface area contributed by atoms with E-state index in [2.05, 4.69) is 4.40 Å². The first-order valence-electron chi connectivity index (χ1n) is 6.82. The smallest absolute Gasteiger partial charge is 0.257 e. The normalized spacial score (nSPS) is 17.0. The Hall–Kier alpha value is -1.44. The first-order chi connectivity index (χ1) is 10.1. The van der Waals surface area contributed by atoms with Crippen LogP contribution < -0.4 is 0 Å². The Balaban J connectivity index is 2.31. The number of sulfonamides is 1. The van der Waals surface area contributed by atoms with Gasteiger partial charge in [0.1, 0.15) is 5.84 Å². The van der Waals surface area contributed by atoms with Crippen LogP contribution in [0.3, 0.4) is 0 Å². The van der Waals surface area contributed by atoms with Crippen molar-refractivity contribution >= 4 is 15.9 Å². The van der Waals surface area contributed by atoms with Gasteiger partial charge in [-0.25, -0.2) is 8.42 Å². The molecule has 6 nitrogen and oxygen atoms in total. The average Bonchev–Trinajstić information content (AvgIpc) is 2.52. The highest BCUT2D eigenvalue weighted by molar-refractivity contribution is 7.90. The fourth-order valence-electron chi connectivity index (χ4n) is 2.02. The summed E-state index contributed by atoms with van der Waals surface area (Å²) in [5.74, 6) is 0.361. The minimum absolute atomic E-state index is 0.121. The Morgan fingerprint density at radius 1 is 1.29 bits per heavy atom. The third-order valence-corrected chi connectivity index (χ3v) is 4.25. The minimum Gasteiger partial charge on any atom is -0.384 e. The Morgan fingerprint density at radius 3 is 2.57 bits per heavy atom. The molecule has 1 heterocycles. The summed E-state index contributed by atoms with van der Waals surface area (Å²) in [5, 5.41) is 0. The Bertz CT molecular complexity index is 566. The van der Waals surface area contributed by atoms with Gasteiger partial charge in [-0.05, 0) is 0 Å². The van der Waals surface area contributed by atoms with Crippen LogP contribution >= 0.6 is 0 Å². The lowest BCUT2D eigenvalue weighted by atomic mass is 10.2. The van der Waals surface area contributed by atoms with Gasteiger partial charge in [0.15, 0.2) is 0 Å². The van der Waals surface area contributed by atoms with Crippen molar-refractivity contribution < 1.29 is 17.9 Å². The quantitative estimate of drug-likeness (QED) is 0.592. The number of benzene rings is 1. The maximum atomic E-state index is 12.1. The number of amidine groups is 1. The van der Waals surface area contributed by atoms with Crippen LogP contribution in [0.15, 0.2) is 34.7 Å². The van der Waals surface area contributed by atoms with Crippen molar-refractivity contribution in [2.75, 3.05) is 45.8 Å². The number of nitrogens with zero attached hydrogens (tertiary/aromatic N) is 2. The summed E-state index contributed by atoms with van der Waals surface area (Å²) in [6, 6.07) is 9.35. The molecule has 0 unspecified atom stereocenters. The van der Waals surface area contributed by atoms with E-state index in [1.165, 1.54) is 7.11 Å². The third-order valence-electron chi connectivity index (χ3n) is 3.11. The van der Waals surface area contributed by atoms with Gasteiger partial charge in [-0.15, -0.1) is 4.40 Å². The minimum atomic E-state index is -3.56. The molecule has 2 rings (SSSR count). The van der Waals surface area contributed by atoms with E-state index in [1.807, 2.05) is 35.2 Å². The molecule has 0 saturated carbocycles. The molecule has 1 aromatic rings. The van der Waals surface area contributed by atoms with E-state index in [0.29, 0.717) is 32.1 Å². The number of ether oxygens (including phenoxy) is 2. The number of morpholine rings is 1. The molecular weight excluding hydrogens is 292 g/mol. The molecule has 0 N–H and O–H groups in total. The van der Waals surface area contributed by atoms with Crippen LogP contribution in [-0.4, -0.2) is 64.9 Å². The largest absolute Gasteiger partial charge is 0.384 e. The zero-order chi connectivity index (χ0) is 15.1. The van der Waals surface area contributed by atoms with Crippen molar-refractivity contribution in [3.05, 3.63) is 35.9 Å². The maximum absolute atomic E-state index is 12.1. The molecule has 0 spiro atoms. The van der Waals surface area contributed by atoms with Crippen molar-refractivity contribution in [2.24, 2.45) is 4.40 Å². The molecule has 21 heavy (non-hydrogen) atoms. The van der Waals surface area contributed by atoms with E-state index >= 15 is 0 Å². The van der Waals surface area contributed by atoms with Gasteiger partial charge in [-0.3, -0.25) is 0 Å². The van der Waals surface area contributed by atoms with Gasteiger partial charge in [0.25, 0.3) is 10.0 Å². The number of rotatable bonds is 5. The summed E-state index contributed by atoms with van der Waals surface area (Å²) in [5.41, 5.74) is 0.792. The van der Waals surface area contributed by atoms with Crippen LogP contribution in [0.25, 0.3) is 0 Å². The van der Waals surface area contributed by atoms with Crippen molar-refractivity contribution in [2.45, 2.75) is 0 Å². The second-order valence-electron chi connectivity index (χ2n) is 4.66. The predicted molar refractivity (Wildman–Crippen MR) is 81.0 cm³/mol. The molecule has 0 radical (unpaired) electrons. The van der Waals surface area contributed by atoms with Crippen LogP contribution in [0.4, 0.5) is 0 Å². The summed E-state index contributed by atoms with van der Waals surface area (Å²) in [7, 11) is -2.09. The highest BCUT2D eigenvalue weighted by atomic mass is 32.2. The summed E-state index contributed by atoms with van der Waals surface area (Å²) in [6.07, 6.45) is 0. The lowest BCUT2D eigenvalue weighted by Crippen LogP contribution is -2.41. The van der Waals surface area contributed by atoms with Crippen LogP contribution in [0.2, 0.25) is 0 Å². The molecule has 1 saturated heterocycles. The first kappa shape index (κ1) is 15.9. The van der Waals surface area contributed by atoms with Crippen molar-refractivity contribution in [3.63, 3.8) is 0 Å². The topological polar surface area (TPSA) is 68.2 Å². The molecule has 1 aromatic carbocycles. The standard InChI is InChI=1S/C14H20N2O4S/c1-19-11-12-21(17,18)15-14(13-5-3-2-4-6-13)16-7-9-20-10-8-16/h2-6H,7-12H2,1H3. The number of hydrogen-bond donors (Lipinski definition) is 0. The van der Waals surface area contributed by atoms with Gasteiger partial charge in [0.2, 0.25) is 0 Å². The summed E-state index contributed by atoms with van der Waals surface area (Å²) < 4.78 is 38.3. The second kappa shape index (κ2) is 7.53. The summed E-state index contributed by atoms with van der Waals surface area (Å²) in [4.78, 5) is 1.95. The summed E-state index contributed by atoms with van der Waals surface area (Å²) in [6.45, 7) is 2.55. The highest BCUT2D eigenvalue weighted by Gasteiger charge is 2.20. The van der Waals surface area contributed by atoms with Gasteiger partial charge in [-0.1, -0.05) is 30.3 Å². The zero-order valence-electron chi connectivity index (χ0n) is 12.1. The number of methoxy groups -OCH3 is 1. The molecule has 1 aliphatic rings. The van der Waals surface area contributed by atoms with Gasteiger partial charge >= 0.3 is 0 Å². The molecule has 1 aliphatic heterocycles. The van der Waals surface area contributed by atoms with E-state index in [-0.39, 0.29) is 12.4 Å². The fraction of sp³-hybridized carbons (Fsp3) is 0.500. The lowest BCUT2D eigenvalue weighted by molar-refractivity contribution is 0.0683. The van der Waals surface area contributed by atoms with E-state index in [4.69, 9.17) is 9.47 Å². The zero-order valence-corrected chi connectivity index (χ0v) is 12.9. The van der Waals surface area contributed by atoms with Crippen LogP contribution in [-0.2, 0) is 19.5 Å². The molecule has 0 aromatic heterocycles. The Labute approximate surface area is 125 Å². The average molecular weight is 312 g/mol. The maximum Gasteiger partial charge on any atom is 0.257 e. The van der Waals surface area contributed by atoms with Crippen molar-refractivity contribution in [3.8, 4) is 0 Å². The molecule has 0 bridgehead atoms. The highest BCUT2D eigenvalue weighted by Crippen LogP contribution is 2.11. The molecule has 116 valence electrons. The molecule has 0 aliphatic carbocycles. The van der Waals surface area contributed by atoms with Crippen LogP contribution in [0, 0.1) is 0 Å². The van der Waals surface area contributed by atoms with E-state index < -0.39 is 10.0 Å². The third kappa shape index (κ3) is 4.80. The van der Waals surface area contributed by atoms with Gasteiger partial charge in [0.05, 0.1) is 25.6 Å². The molecule has 0 amide bonds. The first-order valence-corrected chi connectivity index (χ1v) is 8.43. The Kier molecular flexibility index (Phi) is 5.72. The van der Waals surface area contributed by atoms with Gasteiger partial charge < -0.3 is 14.4 Å². The monoisotopic (exact) mass is 312 g/mol. The molecule has 0 atom stereocenters. The SMILES string of the molecule is COCCS(=O)(=O)N=C(c1ccccc1)N1CCOCC1. The van der Waals surface area contributed by atoms with E-state index in [0.717, 1.165) is 5.56 Å². The second-order valence-corrected chi connectivity index (χ2v) is 6.41. The van der Waals surface area contributed by atoms with E-state index in [9.17, 15) is 8.42 Å². The van der Waals surface area contributed by atoms with Crippen molar-refractivity contribution in [1.82, 2.24) is 4.90 Å². The molecular formula is C14H20N2O4S. The lowest BCUT2D eigenvalue weighted by Gasteiger charge is -2.29. The van der Waals surface area contributed by atoms with E-state index in [1.54, 1.807) is 0 Å². The summed E-state index contributed by atoms with van der Waals surface area (Å²) >= 11 is 0. The Morgan fingerprint density at radius 2 is 1.95 bits per heavy atom. The molecule has 1 fully saturated rings. The van der Waals surface area contributed by atoms with Crippen LogP contribution in [0.1, 0.15) is 5.56 Å². The van der Waals surface area contributed by atoms with Crippen LogP contribution in [0.5, 0.6) is 0 Å². The van der Waals surface area contributed by atoms with Crippen molar-refractivity contribution in [1.29, 1.82) is 0 Å². The predicted octanol–water partition coefficient (Wildman–Crippen LogP) is 0.742. The van der Waals surface area contributed by atoms with Gasteiger partial charge in [-0.2, -0.15) is 0 Å². The number of hydrogen-bond acceptors (Lipinski definition) is 4. The molecule has 7 heteroatoms. The van der Waals surface area contributed by atoms with Gasteiger partial charge in [0, 0.05) is 25.8 Å².